The third-order valence-corrected chi connectivity index (χ3v) is 21.5. The van der Waals surface area contributed by atoms with Crippen molar-refractivity contribution in [1.82, 2.24) is 21.3 Å². The molecular formula is C69H112N6O46. The van der Waals surface area contributed by atoms with Crippen LogP contribution >= 0.6 is 0 Å². The molecule has 8 fully saturated rings. The second-order valence-corrected chi connectivity index (χ2v) is 30.0. The molecule has 32 N–H and O–H groups in total. The molecule has 0 spiro atoms. The van der Waals surface area contributed by atoms with Crippen molar-refractivity contribution >= 4 is 35.2 Å². The van der Waals surface area contributed by atoms with Crippen LogP contribution in [0, 0.1) is 0 Å². The largest absolute Gasteiger partial charge is 0.394 e. The Hall–Kier alpha value is -5.27. The topological polar surface area (TPSA) is 825 Å². The van der Waals surface area contributed by atoms with Gasteiger partial charge in [0, 0.05) is 39.9 Å². The maximum Gasteiger partial charge on any atom is 0.250 e. The van der Waals surface area contributed by atoms with Gasteiger partial charge in [-0.1, -0.05) is 12.1 Å². The molecule has 1 aromatic carbocycles. The molecule has 0 bridgehead atoms. The number of aliphatic hydroxyl groups is 25. The molecule has 44 atom stereocenters. The van der Waals surface area contributed by atoms with E-state index in [0.29, 0.717) is 0 Å². The molecule has 0 aliphatic carbocycles. The second-order valence-electron chi connectivity index (χ2n) is 30.0. The lowest BCUT2D eigenvalue weighted by Crippen LogP contribution is -2.70. The van der Waals surface area contributed by atoms with Crippen molar-refractivity contribution in [3.05, 3.63) is 29.8 Å². The van der Waals surface area contributed by atoms with Gasteiger partial charge in [0.15, 0.2) is 50.3 Å². The summed E-state index contributed by atoms with van der Waals surface area (Å²) in [5, 5.41) is 292. The number of aliphatic hydroxyl groups excluding tert-OH is 25. The Morgan fingerprint density at radius 3 is 1.12 bits per heavy atom. The number of carbonyl (C=O) groups excluding carboxylic acids is 5. The number of nitrogens with one attached hydrogen (secondary N) is 5. The Labute approximate surface area is 686 Å². The first kappa shape index (κ1) is 99.5. The normalized spacial score (nSPS) is 43.3. The zero-order valence-corrected chi connectivity index (χ0v) is 65.1. The monoisotopic (exact) mass is 1760 g/mol. The summed E-state index contributed by atoms with van der Waals surface area (Å²) in [7, 11) is 0. The van der Waals surface area contributed by atoms with E-state index >= 15 is 0 Å². The van der Waals surface area contributed by atoms with E-state index in [1.54, 1.807) is 0 Å². The van der Waals surface area contributed by atoms with Crippen LogP contribution in [0.2, 0.25) is 0 Å². The molecule has 0 radical (unpaired) electrons. The fourth-order valence-electron chi connectivity index (χ4n) is 15.1. The van der Waals surface area contributed by atoms with Gasteiger partial charge in [-0.3, -0.25) is 24.0 Å². The summed E-state index contributed by atoms with van der Waals surface area (Å²) >= 11 is 0. The van der Waals surface area contributed by atoms with Gasteiger partial charge in [-0.2, -0.15) is 0 Å². The fraction of sp³-hybridized carbons (Fsp3) is 0.841. The minimum absolute atomic E-state index is 0.0426. The Kier molecular flexibility index (Phi) is 36.5. The number of hydrogen-bond donors (Lipinski definition) is 31. The van der Waals surface area contributed by atoms with Crippen LogP contribution in [0.3, 0.4) is 0 Å². The van der Waals surface area contributed by atoms with Gasteiger partial charge < -0.3 is 236 Å². The first-order chi connectivity index (χ1) is 57.3. The van der Waals surface area contributed by atoms with E-state index in [9.17, 15) is 152 Å². The maximum atomic E-state index is 13.2. The van der Waals surface area contributed by atoms with Crippen LogP contribution in [-0.4, -0.2) is 493 Å². The van der Waals surface area contributed by atoms with Gasteiger partial charge >= 0.3 is 0 Å². The van der Waals surface area contributed by atoms with Crippen LogP contribution in [0.25, 0.3) is 0 Å². The Balaban J connectivity index is 1.06. The molecule has 1 aromatic rings. The van der Waals surface area contributed by atoms with Crippen LogP contribution in [0.4, 0.5) is 5.69 Å². The van der Waals surface area contributed by atoms with Crippen molar-refractivity contribution in [3.63, 3.8) is 0 Å². The Bertz CT molecular complexity index is 3430. The number of rotatable bonds is 36. The van der Waals surface area contributed by atoms with Crippen LogP contribution < -0.4 is 32.3 Å². The number of hydrogen-bond acceptors (Lipinski definition) is 47. The molecule has 0 aromatic heterocycles. The van der Waals surface area contributed by atoms with Crippen molar-refractivity contribution in [3.8, 4) is 0 Å². The summed E-state index contributed by atoms with van der Waals surface area (Å²) in [6, 6.07) is -1.71. The number of primary amides is 1. The lowest BCUT2D eigenvalue weighted by Gasteiger charge is -2.51. The predicted octanol–water partition coefficient (Wildman–Crippen LogP) is -19.2. The number of anilines is 1. The van der Waals surface area contributed by atoms with E-state index in [0.717, 1.165) is 27.7 Å². The van der Waals surface area contributed by atoms with E-state index in [2.05, 4.69) is 26.6 Å². The summed E-state index contributed by atoms with van der Waals surface area (Å²) in [5.41, 5.74) is 5.61. The van der Waals surface area contributed by atoms with Gasteiger partial charge in [-0.05, 0) is 12.1 Å². The van der Waals surface area contributed by atoms with Crippen molar-refractivity contribution in [1.29, 1.82) is 0 Å². The maximum absolute atomic E-state index is 13.2. The van der Waals surface area contributed by atoms with E-state index in [-0.39, 0.29) is 11.3 Å². The zero-order valence-electron chi connectivity index (χ0n) is 65.1. The number of amides is 5. The molecule has 0 saturated carbocycles. The lowest BCUT2D eigenvalue weighted by molar-refractivity contribution is -0.398. The van der Waals surface area contributed by atoms with E-state index < -0.39 is 365 Å². The number of benzene rings is 1. The van der Waals surface area contributed by atoms with E-state index in [1.807, 2.05) is 0 Å². The second kappa shape index (κ2) is 44.4. The molecule has 8 saturated heterocycles. The molecule has 52 heteroatoms. The minimum atomic E-state index is -2.62. The molecule has 8 aliphatic heterocycles. The van der Waals surface area contributed by atoms with E-state index in [4.69, 9.17) is 81.5 Å². The van der Waals surface area contributed by atoms with Gasteiger partial charge in [-0.15, -0.1) is 0 Å². The molecule has 121 heavy (non-hydrogen) atoms. The summed E-state index contributed by atoms with van der Waals surface area (Å²) in [6.07, 6.45) is -85.3. The molecule has 52 nitrogen and oxygen atoms in total. The van der Waals surface area contributed by atoms with Crippen LogP contribution in [-0.2, 0) is 95.0 Å². The van der Waals surface area contributed by atoms with Gasteiger partial charge in [-0.25, -0.2) is 0 Å². The quantitative estimate of drug-likeness (QED) is 0.0297. The van der Waals surface area contributed by atoms with Gasteiger partial charge in [0.1, 0.15) is 213 Å². The SMILES string of the molecule is CC(=O)NC(CNc1ccccc1C(N)=O)[C@@H](O)[C@H](O[C@@H]1OC(CO)[C@@H](O[C@@H]2OC(CO[C@H]3OC(CO)[C@@H](O)[C@H](O)C3O[C@@H]3OC(CO)[C@@H](O[C@@H]4OC(CO)[C@H](O)[C@H](O)C4O)C(O)[C@@H]3NC(C)=O)[C@@H](O)[C@H](O[C@H]3OC(CO)[C@@H](O)[C@H](O)C3O[C@@H]3OC(CO)[C@@H](O[C@@H]4OC(CO)[C@H](O)[C@H](O)C4O)[C@H](O)C3NC(C)=O)C2O)[C@H](O)C1NC(C)=O)C(O)CO. The van der Waals surface area contributed by atoms with Gasteiger partial charge in [0.05, 0.1) is 71.1 Å². The standard InChI is InChI=1S/C69H112N6O46/c1-19(84)72-25(9-71-24-8-6-5-7-23(24)61(70)105)38(89)54(26(88)10-76)115-62-35(73-20(2)85)44(95)57(33(17-83)111-62)118-67-53(104)58(119-69-60(50(101)42(93)30(14-80)110-69)121-64-37(75-22(4)87)46(97)56(32(16-82)113-64)117-66-52(103)48(99)40(91)28(12-78)108-66)43(94)34(114-67)18-106-68-59(49(100)41(92)29(13-79)109-68)120-63-36(74-21(3)86)45(96)55(31(15-81)112-63)116-65-51(102)47(98)39(90)27(11-77)107-65/h5-8,25-60,62-69,71,76-83,88-104H,9-18H2,1-4H3,(H2,70,105)(H,72,84)(H,73,85)(H,74,86)(H,75,87)/t25?,26?,27?,28?,29?,30?,31?,32?,33?,34?,35?,36-,37?,38+,39-,40-,41+,42+,43+,44+,45?,46+,47-,48-,49-,50-,51?,52?,53?,54+,55+,56+,57+,58-,59?,60?,62-,63-,64-,65-,66-,67-,68-,69+/m0/s1. The molecule has 694 valence electrons. The van der Waals surface area contributed by atoms with E-state index in [1.165, 1.54) is 24.3 Å². The average Bonchev–Trinajstić information content (AvgIpc) is 0.769. The fourth-order valence-corrected chi connectivity index (χ4v) is 15.1. The van der Waals surface area contributed by atoms with Gasteiger partial charge in [0.2, 0.25) is 23.6 Å². The molecule has 8 aliphatic rings. The zero-order chi connectivity index (χ0) is 89.2. The lowest BCUT2D eigenvalue weighted by atomic mass is 9.94. The average molecular weight is 1760 g/mol. The summed E-state index contributed by atoms with van der Waals surface area (Å²) in [5.74, 6) is -4.59. The molecule has 8 heterocycles. The van der Waals surface area contributed by atoms with Crippen LogP contribution in [0.5, 0.6) is 0 Å². The minimum Gasteiger partial charge on any atom is -0.394 e. The van der Waals surface area contributed by atoms with Crippen molar-refractivity contribution in [2.24, 2.45) is 5.73 Å². The highest BCUT2D eigenvalue weighted by Crippen LogP contribution is 2.40. The van der Waals surface area contributed by atoms with Crippen LogP contribution in [0.1, 0.15) is 38.1 Å². The molecular weight excluding hydrogens is 1650 g/mol. The van der Waals surface area contributed by atoms with Crippen molar-refractivity contribution < 1.29 is 227 Å². The third kappa shape index (κ3) is 23.0. The summed E-state index contributed by atoms with van der Waals surface area (Å²) in [4.78, 5) is 64.1. The third-order valence-electron chi connectivity index (χ3n) is 21.5. The smallest absolute Gasteiger partial charge is 0.250 e. The van der Waals surface area contributed by atoms with Crippen molar-refractivity contribution in [2.45, 2.75) is 298 Å². The van der Waals surface area contributed by atoms with Gasteiger partial charge in [0.25, 0.3) is 5.91 Å². The highest BCUT2D eigenvalue weighted by Gasteiger charge is 2.61. The Morgan fingerprint density at radius 2 is 0.719 bits per heavy atom. The first-order valence-corrected chi connectivity index (χ1v) is 38.4. The van der Waals surface area contributed by atoms with Crippen LogP contribution in [0.15, 0.2) is 24.3 Å². The highest BCUT2D eigenvalue weighted by atomic mass is 16.8. The van der Waals surface area contributed by atoms with Crippen molar-refractivity contribution in [2.75, 3.05) is 71.3 Å². The first-order valence-electron chi connectivity index (χ1n) is 38.4. The number of para-hydroxylation sites is 1. The number of carbonyl (C=O) groups is 5. The predicted molar refractivity (Wildman–Crippen MR) is 382 cm³/mol. The highest BCUT2D eigenvalue weighted by molar-refractivity contribution is 5.98. The molecule has 5 amide bonds. The summed E-state index contributed by atoms with van der Waals surface area (Å²) < 4.78 is 95.6. The number of nitrogens with two attached hydrogens (primary N) is 1. The number of ether oxygens (including phenoxy) is 16. The summed E-state index contributed by atoms with van der Waals surface area (Å²) in [6.45, 7) is -6.92. The molecule has 18 unspecified atom stereocenters. The molecule has 9 rings (SSSR count). The Morgan fingerprint density at radius 1 is 0.372 bits per heavy atom.